The largest absolute Gasteiger partial charge is 0.497 e. The number of pyridine rings is 1. The van der Waals surface area contributed by atoms with Gasteiger partial charge in [0.15, 0.2) is 0 Å². The molecule has 19 heavy (non-hydrogen) atoms. The molecule has 1 aliphatic rings. The molecule has 0 saturated carbocycles. The van der Waals surface area contributed by atoms with Crippen molar-refractivity contribution >= 4 is 24.2 Å². The lowest BCUT2D eigenvalue weighted by Gasteiger charge is -2.32. The van der Waals surface area contributed by atoms with Gasteiger partial charge < -0.3 is 14.4 Å². The lowest BCUT2D eigenvalue weighted by molar-refractivity contribution is 0.00578. The highest BCUT2D eigenvalue weighted by atomic mass is 35.5. The SMILES string of the molecule is CC(O)c1cc(Cl)c(B2OC(C)(C)C(C)(C)O2)cn1. The molecule has 1 N–H and O–H groups in total. The highest BCUT2D eigenvalue weighted by molar-refractivity contribution is 6.65. The van der Waals surface area contributed by atoms with E-state index < -0.39 is 24.4 Å². The van der Waals surface area contributed by atoms with Crippen LogP contribution in [0.15, 0.2) is 12.3 Å². The normalized spacial score (nSPS) is 22.6. The van der Waals surface area contributed by atoms with E-state index in [4.69, 9.17) is 20.9 Å². The van der Waals surface area contributed by atoms with Crippen molar-refractivity contribution in [3.8, 4) is 0 Å². The first-order valence-electron chi connectivity index (χ1n) is 6.33. The second-order valence-corrected chi connectivity index (χ2v) is 6.30. The van der Waals surface area contributed by atoms with Crippen LogP contribution in [0.4, 0.5) is 0 Å². The van der Waals surface area contributed by atoms with Crippen LogP contribution in [0.25, 0.3) is 0 Å². The molecule has 4 nitrogen and oxygen atoms in total. The molecule has 0 amide bonds. The van der Waals surface area contributed by atoms with E-state index in [-0.39, 0.29) is 0 Å². The first-order valence-corrected chi connectivity index (χ1v) is 6.71. The molecule has 1 atom stereocenters. The van der Waals surface area contributed by atoms with Crippen LogP contribution in [0.3, 0.4) is 0 Å². The third-order valence-corrected chi connectivity index (χ3v) is 4.17. The minimum Gasteiger partial charge on any atom is -0.399 e. The second-order valence-electron chi connectivity index (χ2n) is 5.89. The molecule has 0 bridgehead atoms. The van der Waals surface area contributed by atoms with Gasteiger partial charge >= 0.3 is 7.12 Å². The minimum atomic E-state index is -0.648. The van der Waals surface area contributed by atoms with E-state index in [1.165, 1.54) is 0 Å². The van der Waals surface area contributed by atoms with Crippen molar-refractivity contribution in [3.63, 3.8) is 0 Å². The number of nitrogens with zero attached hydrogens (tertiary/aromatic N) is 1. The zero-order valence-corrected chi connectivity index (χ0v) is 12.7. The van der Waals surface area contributed by atoms with Gasteiger partial charge in [-0.1, -0.05) is 11.6 Å². The Balaban J connectivity index is 2.30. The van der Waals surface area contributed by atoms with Crippen LogP contribution in [-0.2, 0) is 9.31 Å². The van der Waals surface area contributed by atoms with Gasteiger partial charge in [-0.2, -0.15) is 0 Å². The molecule has 1 aliphatic heterocycles. The van der Waals surface area contributed by atoms with Gasteiger partial charge in [-0.05, 0) is 40.7 Å². The molecule has 0 spiro atoms. The van der Waals surface area contributed by atoms with Crippen molar-refractivity contribution in [2.24, 2.45) is 0 Å². The fraction of sp³-hybridized carbons (Fsp3) is 0.615. The Morgan fingerprint density at radius 3 is 2.21 bits per heavy atom. The summed E-state index contributed by atoms with van der Waals surface area (Å²) in [6.07, 6.45) is 0.955. The summed E-state index contributed by atoms with van der Waals surface area (Å²) in [6.45, 7) is 9.58. The molecule has 1 aromatic heterocycles. The van der Waals surface area contributed by atoms with E-state index in [1.807, 2.05) is 27.7 Å². The van der Waals surface area contributed by atoms with Crippen LogP contribution >= 0.6 is 11.6 Å². The summed E-state index contributed by atoms with van der Waals surface area (Å²) in [6, 6.07) is 1.65. The summed E-state index contributed by atoms with van der Waals surface area (Å²) in [5, 5.41) is 9.98. The van der Waals surface area contributed by atoms with E-state index in [1.54, 1.807) is 19.2 Å². The van der Waals surface area contributed by atoms with E-state index in [2.05, 4.69) is 4.98 Å². The van der Waals surface area contributed by atoms with Crippen LogP contribution in [0, 0.1) is 0 Å². The van der Waals surface area contributed by atoms with Gasteiger partial charge in [-0.25, -0.2) is 0 Å². The third-order valence-electron chi connectivity index (χ3n) is 3.84. The fourth-order valence-electron chi connectivity index (χ4n) is 1.83. The first-order chi connectivity index (χ1) is 8.64. The monoisotopic (exact) mass is 283 g/mol. The topological polar surface area (TPSA) is 51.6 Å². The summed E-state index contributed by atoms with van der Waals surface area (Å²) >= 11 is 6.23. The van der Waals surface area contributed by atoms with Crippen LogP contribution in [0.2, 0.25) is 5.02 Å². The lowest BCUT2D eigenvalue weighted by Crippen LogP contribution is -2.41. The average Bonchev–Trinajstić information content (AvgIpc) is 2.47. The van der Waals surface area contributed by atoms with E-state index in [9.17, 15) is 5.11 Å². The van der Waals surface area contributed by atoms with Crippen molar-refractivity contribution in [2.75, 3.05) is 0 Å². The smallest absolute Gasteiger partial charge is 0.399 e. The van der Waals surface area contributed by atoms with Gasteiger partial charge in [0.25, 0.3) is 0 Å². The van der Waals surface area contributed by atoms with Gasteiger partial charge in [0.2, 0.25) is 0 Å². The van der Waals surface area contributed by atoms with Gasteiger partial charge in [0, 0.05) is 16.7 Å². The Morgan fingerprint density at radius 1 is 1.26 bits per heavy atom. The number of hydrogen-bond acceptors (Lipinski definition) is 4. The Bertz CT molecular complexity index is 475. The van der Waals surface area contributed by atoms with Crippen LogP contribution in [0.1, 0.15) is 46.4 Å². The van der Waals surface area contributed by atoms with Gasteiger partial charge in [0.05, 0.1) is 23.0 Å². The number of rotatable bonds is 2. The number of halogens is 1. The number of aliphatic hydroxyl groups is 1. The van der Waals surface area contributed by atoms with Crippen LogP contribution in [0.5, 0.6) is 0 Å². The third kappa shape index (κ3) is 2.65. The molecule has 1 aromatic rings. The summed E-state index contributed by atoms with van der Waals surface area (Å²) < 4.78 is 11.8. The van der Waals surface area contributed by atoms with Gasteiger partial charge in [-0.15, -0.1) is 0 Å². The van der Waals surface area contributed by atoms with E-state index in [0.29, 0.717) is 16.2 Å². The van der Waals surface area contributed by atoms with Gasteiger partial charge in [0.1, 0.15) is 0 Å². The zero-order valence-electron chi connectivity index (χ0n) is 11.9. The lowest BCUT2D eigenvalue weighted by atomic mass is 9.80. The zero-order chi connectivity index (χ0) is 14.4. The molecule has 6 heteroatoms. The summed E-state index contributed by atoms with van der Waals surface area (Å²) in [4.78, 5) is 4.18. The number of aromatic nitrogens is 1. The van der Waals surface area contributed by atoms with Gasteiger partial charge in [-0.3, -0.25) is 4.98 Å². The molecule has 0 aromatic carbocycles. The molecule has 0 aliphatic carbocycles. The summed E-state index contributed by atoms with van der Waals surface area (Å²) in [7, 11) is -0.534. The van der Waals surface area contributed by atoms with Crippen molar-refractivity contribution in [1.82, 2.24) is 4.98 Å². The fourth-order valence-corrected chi connectivity index (χ4v) is 2.08. The Kier molecular flexibility index (Phi) is 3.69. The maximum atomic E-state index is 9.49. The minimum absolute atomic E-state index is 0.413. The van der Waals surface area contributed by atoms with Crippen molar-refractivity contribution in [2.45, 2.75) is 51.9 Å². The Morgan fingerprint density at radius 2 is 1.79 bits per heavy atom. The molecule has 2 heterocycles. The van der Waals surface area contributed by atoms with Crippen LogP contribution < -0.4 is 5.46 Å². The average molecular weight is 284 g/mol. The van der Waals surface area contributed by atoms with Crippen LogP contribution in [-0.4, -0.2) is 28.4 Å². The molecule has 2 rings (SSSR count). The molecule has 1 saturated heterocycles. The molecule has 1 fully saturated rings. The quantitative estimate of drug-likeness (QED) is 0.845. The number of hydrogen-bond donors (Lipinski definition) is 1. The second kappa shape index (κ2) is 4.74. The molecule has 104 valence electrons. The van der Waals surface area contributed by atoms with Crippen molar-refractivity contribution in [3.05, 3.63) is 23.0 Å². The standard InChI is InChI=1S/C13H19BClNO3/c1-8(17)11-6-10(15)9(7-16-11)14-18-12(2,3)13(4,5)19-14/h6-8,17H,1-5H3. The summed E-state index contributed by atoms with van der Waals surface area (Å²) in [5.74, 6) is 0. The molecule has 0 radical (unpaired) electrons. The Hall–Kier alpha value is -0.615. The highest BCUT2D eigenvalue weighted by Gasteiger charge is 2.52. The molecule has 1 unspecified atom stereocenters. The Labute approximate surface area is 119 Å². The number of aliphatic hydroxyl groups excluding tert-OH is 1. The highest BCUT2D eigenvalue weighted by Crippen LogP contribution is 2.37. The first kappa shape index (κ1) is 14.8. The van der Waals surface area contributed by atoms with Crippen molar-refractivity contribution < 1.29 is 14.4 Å². The summed E-state index contributed by atoms with van der Waals surface area (Å²) in [5.41, 5.74) is 0.392. The molecular weight excluding hydrogens is 264 g/mol. The predicted octanol–water partition coefficient (Wildman–Crippen LogP) is 2.09. The van der Waals surface area contributed by atoms with E-state index in [0.717, 1.165) is 0 Å². The van der Waals surface area contributed by atoms with Crippen molar-refractivity contribution in [1.29, 1.82) is 0 Å². The predicted molar refractivity (Wildman–Crippen MR) is 75.6 cm³/mol. The maximum absolute atomic E-state index is 9.49. The van der Waals surface area contributed by atoms with E-state index >= 15 is 0 Å². The molecular formula is C13H19BClNO3. The maximum Gasteiger partial charge on any atom is 0.497 e.